The van der Waals surface area contributed by atoms with Gasteiger partial charge in [-0.05, 0) is 86.4 Å². The largest absolute Gasteiger partial charge is 0.322 e. The van der Waals surface area contributed by atoms with E-state index in [4.69, 9.17) is 0 Å². The number of benzene rings is 2. The number of nitrogens with one attached hydrogen (secondary N) is 1. The normalized spacial score (nSPS) is 27.4. The smallest absolute Gasteiger partial charge is 0.255 e. The van der Waals surface area contributed by atoms with Crippen LogP contribution in [0.1, 0.15) is 40.7 Å². The van der Waals surface area contributed by atoms with Crippen molar-refractivity contribution in [3.8, 4) is 0 Å². The summed E-state index contributed by atoms with van der Waals surface area (Å²) in [6.07, 6.45) is 3.12. The fourth-order valence-corrected chi connectivity index (χ4v) is 5.47. The molecule has 2 aromatic carbocycles. The second-order valence-corrected chi connectivity index (χ2v) is 8.70. The molecule has 2 bridgehead atoms. The molecule has 3 aliphatic rings. The Morgan fingerprint density at radius 2 is 1.62 bits per heavy atom. The summed E-state index contributed by atoms with van der Waals surface area (Å²) in [4.78, 5) is 40.1. The van der Waals surface area contributed by atoms with Gasteiger partial charge in [-0.1, -0.05) is 12.1 Å². The van der Waals surface area contributed by atoms with E-state index in [2.05, 4.69) is 5.32 Å². The minimum Gasteiger partial charge on any atom is -0.322 e. The second kappa shape index (κ2) is 6.55. The molecule has 0 aromatic heterocycles. The molecular formula is C24H24N2O3. The summed E-state index contributed by atoms with van der Waals surface area (Å²) in [5.74, 6) is -0.0405. The van der Waals surface area contributed by atoms with Crippen LogP contribution in [0.4, 0.5) is 11.4 Å². The van der Waals surface area contributed by atoms with Gasteiger partial charge in [0.15, 0.2) is 0 Å². The summed E-state index contributed by atoms with van der Waals surface area (Å²) in [7, 11) is 0. The van der Waals surface area contributed by atoms with Crippen LogP contribution in [0.15, 0.2) is 42.5 Å². The number of nitrogens with zero attached hydrogens (tertiary/aromatic N) is 1. The third-order valence-electron chi connectivity index (χ3n) is 7.06. The molecule has 5 nitrogen and oxygen atoms in total. The van der Waals surface area contributed by atoms with E-state index in [9.17, 15) is 14.4 Å². The predicted octanol–water partition coefficient (Wildman–Crippen LogP) is 4.09. The zero-order valence-corrected chi connectivity index (χ0v) is 16.6. The molecule has 0 unspecified atom stereocenters. The first-order chi connectivity index (χ1) is 13.9. The van der Waals surface area contributed by atoms with Crippen molar-refractivity contribution in [3.63, 3.8) is 0 Å². The summed E-state index contributed by atoms with van der Waals surface area (Å²) in [6.45, 7) is 4.02. The molecule has 5 rings (SSSR count). The molecule has 1 aliphatic heterocycles. The van der Waals surface area contributed by atoms with E-state index in [1.807, 2.05) is 32.0 Å². The Morgan fingerprint density at radius 3 is 2.28 bits per heavy atom. The van der Waals surface area contributed by atoms with E-state index in [-0.39, 0.29) is 29.6 Å². The van der Waals surface area contributed by atoms with Gasteiger partial charge in [0.25, 0.3) is 5.91 Å². The number of hydrogen-bond donors (Lipinski definition) is 1. The minimum absolute atomic E-state index is 0.0843. The highest BCUT2D eigenvalue weighted by Gasteiger charge is 2.61. The van der Waals surface area contributed by atoms with Gasteiger partial charge in [0, 0.05) is 11.3 Å². The molecule has 2 saturated carbocycles. The molecule has 1 heterocycles. The first-order valence-electron chi connectivity index (χ1n) is 10.3. The number of anilines is 2. The summed E-state index contributed by atoms with van der Waals surface area (Å²) >= 11 is 0. The number of carbonyl (C=O) groups is 3. The highest BCUT2D eigenvalue weighted by Crippen LogP contribution is 2.56. The van der Waals surface area contributed by atoms with Crippen LogP contribution in [-0.4, -0.2) is 17.7 Å². The third kappa shape index (κ3) is 2.79. The quantitative estimate of drug-likeness (QED) is 0.806. The van der Waals surface area contributed by atoms with Gasteiger partial charge in [0.05, 0.1) is 17.5 Å². The van der Waals surface area contributed by atoms with E-state index in [1.54, 1.807) is 24.3 Å². The molecule has 1 saturated heterocycles. The number of carbonyl (C=O) groups excluding carboxylic acids is 3. The van der Waals surface area contributed by atoms with Crippen LogP contribution < -0.4 is 10.2 Å². The van der Waals surface area contributed by atoms with Crippen molar-refractivity contribution >= 4 is 29.1 Å². The molecule has 148 valence electrons. The number of fused-ring (bicyclic) bond motifs is 5. The van der Waals surface area contributed by atoms with Gasteiger partial charge in [-0.3, -0.25) is 19.3 Å². The van der Waals surface area contributed by atoms with Crippen molar-refractivity contribution in [1.29, 1.82) is 0 Å². The topological polar surface area (TPSA) is 66.5 Å². The Morgan fingerprint density at radius 1 is 0.931 bits per heavy atom. The lowest BCUT2D eigenvalue weighted by Gasteiger charge is -2.19. The van der Waals surface area contributed by atoms with E-state index >= 15 is 0 Å². The van der Waals surface area contributed by atoms with Crippen molar-refractivity contribution in [2.24, 2.45) is 23.7 Å². The van der Waals surface area contributed by atoms with Gasteiger partial charge in [-0.15, -0.1) is 0 Å². The van der Waals surface area contributed by atoms with Crippen LogP contribution in [0.5, 0.6) is 0 Å². The lowest BCUT2D eigenvalue weighted by Crippen LogP contribution is -2.33. The average molecular weight is 388 g/mol. The summed E-state index contributed by atoms with van der Waals surface area (Å²) in [6, 6.07) is 12.6. The summed E-state index contributed by atoms with van der Waals surface area (Å²) in [5, 5.41) is 2.90. The molecule has 4 atom stereocenters. The minimum atomic E-state index is -0.255. The highest BCUT2D eigenvalue weighted by molar-refractivity contribution is 6.23. The number of imide groups is 1. The van der Waals surface area contributed by atoms with Crippen LogP contribution in [0.25, 0.3) is 0 Å². The SMILES string of the molecule is Cc1ccc(NC(=O)c2cccc(N3C(=O)[C@H]4[C@@H]5CC[C@@H](C5)[C@@H]4C3=O)c2)cc1C. The highest BCUT2D eigenvalue weighted by atomic mass is 16.2. The van der Waals surface area contributed by atoms with Crippen molar-refractivity contribution in [3.05, 3.63) is 59.2 Å². The van der Waals surface area contributed by atoms with Gasteiger partial charge < -0.3 is 5.32 Å². The number of aryl methyl sites for hydroxylation is 2. The molecule has 2 aliphatic carbocycles. The van der Waals surface area contributed by atoms with Crippen LogP contribution >= 0.6 is 0 Å². The Hall–Kier alpha value is -2.95. The monoisotopic (exact) mass is 388 g/mol. The second-order valence-electron chi connectivity index (χ2n) is 8.70. The van der Waals surface area contributed by atoms with Crippen molar-refractivity contribution in [2.75, 3.05) is 10.2 Å². The van der Waals surface area contributed by atoms with Crippen LogP contribution in [0.3, 0.4) is 0 Å². The third-order valence-corrected chi connectivity index (χ3v) is 7.06. The average Bonchev–Trinajstić information content (AvgIpc) is 3.38. The fraction of sp³-hybridized carbons (Fsp3) is 0.375. The Kier molecular flexibility index (Phi) is 4.09. The lowest BCUT2D eigenvalue weighted by molar-refractivity contribution is -0.123. The van der Waals surface area contributed by atoms with Gasteiger partial charge >= 0.3 is 0 Å². The first-order valence-corrected chi connectivity index (χ1v) is 10.3. The molecule has 0 radical (unpaired) electrons. The maximum atomic E-state index is 13.0. The summed E-state index contributed by atoms with van der Waals surface area (Å²) in [5.41, 5.74) is 3.92. The summed E-state index contributed by atoms with van der Waals surface area (Å²) < 4.78 is 0. The van der Waals surface area contributed by atoms with E-state index in [0.29, 0.717) is 23.1 Å². The molecule has 29 heavy (non-hydrogen) atoms. The number of rotatable bonds is 3. The van der Waals surface area contributed by atoms with Crippen molar-refractivity contribution < 1.29 is 14.4 Å². The molecular weight excluding hydrogens is 364 g/mol. The van der Waals surface area contributed by atoms with E-state index in [0.717, 1.165) is 36.1 Å². The Balaban J connectivity index is 1.40. The van der Waals surface area contributed by atoms with E-state index < -0.39 is 0 Å². The number of hydrogen-bond acceptors (Lipinski definition) is 3. The fourth-order valence-electron chi connectivity index (χ4n) is 5.47. The van der Waals surface area contributed by atoms with Crippen molar-refractivity contribution in [1.82, 2.24) is 0 Å². The molecule has 0 spiro atoms. The Bertz CT molecular complexity index is 1020. The zero-order valence-electron chi connectivity index (χ0n) is 16.6. The zero-order chi connectivity index (χ0) is 20.3. The molecule has 5 heteroatoms. The van der Waals surface area contributed by atoms with Crippen LogP contribution in [0.2, 0.25) is 0 Å². The maximum absolute atomic E-state index is 13.0. The van der Waals surface area contributed by atoms with Crippen molar-refractivity contribution in [2.45, 2.75) is 33.1 Å². The molecule has 1 N–H and O–H groups in total. The van der Waals surface area contributed by atoms with Crippen LogP contribution in [-0.2, 0) is 9.59 Å². The molecule has 3 amide bonds. The lowest BCUT2D eigenvalue weighted by atomic mass is 9.81. The molecule has 3 fully saturated rings. The predicted molar refractivity (Wildman–Crippen MR) is 111 cm³/mol. The van der Waals surface area contributed by atoms with Gasteiger partial charge in [-0.25, -0.2) is 0 Å². The van der Waals surface area contributed by atoms with Gasteiger partial charge in [0.1, 0.15) is 0 Å². The number of amides is 3. The standard InChI is InChI=1S/C24H24N2O3/c1-13-6-9-18(10-14(13)2)25-22(27)17-4-3-5-19(12-17)26-23(28)20-15-7-8-16(11-15)21(20)24(26)29/h3-6,9-10,12,15-16,20-21H,7-8,11H2,1-2H3,(H,25,27)/t15-,16+,20-,21-/m0/s1. The van der Waals surface area contributed by atoms with Gasteiger partial charge in [0.2, 0.25) is 11.8 Å². The Labute approximate surface area is 170 Å². The molecule has 2 aromatic rings. The van der Waals surface area contributed by atoms with Crippen LogP contribution in [0, 0.1) is 37.5 Å². The van der Waals surface area contributed by atoms with Gasteiger partial charge in [-0.2, -0.15) is 0 Å². The maximum Gasteiger partial charge on any atom is 0.255 e. The van der Waals surface area contributed by atoms with E-state index in [1.165, 1.54) is 4.90 Å². The first kappa shape index (κ1) is 18.1.